The number of carbonyl (C=O) groups excluding carboxylic acids is 3. The molecule has 232 valence electrons. The van der Waals surface area contributed by atoms with Crippen molar-refractivity contribution in [3.05, 3.63) is 51.8 Å². The number of carbonyl (C=O) groups is 3. The van der Waals surface area contributed by atoms with Crippen LogP contribution in [0.4, 0.5) is 5.69 Å². The van der Waals surface area contributed by atoms with Crippen LogP contribution in [-0.2, 0) is 9.59 Å². The number of fused-ring (bicyclic) bond motifs is 1. The summed E-state index contributed by atoms with van der Waals surface area (Å²) in [7, 11) is 0. The summed E-state index contributed by atoms with van der Waals surface area (Å²) in [5.74, 6) is 0.439. The van der Waals surface area contributed by atoms with Crippen molar-refractivity contribution in [2.45, 2.75) is 72.3 Å². The van der Waals surface area contributed by atoms with Gasteiger partial charge in [0.1, 0.15) is 0 Å². The van der Waals surface area contributed by atoms with Gasteiger partial charge in [-0.2, -0.15) is 0 Å². The number of likely N-dealkylation sites (tertiary alicyclic amines) is 2. The lowest BCUT2D eigenvalue weighted by Crippen LogP contribution is -2.48. The molecule has 43 heavy (non-hydrogen) atoms. The fourth-order valence-corrected chi connectivity index (χ4v) is 7.11. The molecule has 0 atom stereocenters. The van der Waals surface area contributed by atoms with Crippen molar-refractivity contribution in [2.75, 3.05) is 57.7 Å². The molecular weight excluding hydrogens is 540 g/mol. The van der Waals surface area contributed by atoms with E-state index in [1.165, 1.54) is 5.56 Å². The molecule has 3 aliphatic rings. The van der Waals surface area contributed by atoms with Crippen LogP contribution in [0.1, 0.15) is 90.8 Å². The first-order valence-electron chi connectivity index (χ1n) is 16.1. The molecule has 1 aromatic heterocycles. The minimum absolute atomic E-state index is 0.0858. The van der Waals surface area contributed by atoms with Crippen molar-refractivity contribution in [3.8, 4) is 0 Å². The van der Waals surface area contributed by atoms with Gasteiger partial charge < -0.3 is 30.3 Å². The number of anilines is 1. The van der Waals surface area contributed by atoms with Crippen LogP contribution in [0.15, 0.2) is 18.2 Å². The van der Waals surface area contributed by atoms with E-state index < -0.39 is 0 Å². The number of nitrogens with zero attached hydrogens (tertiary/aromatic N) is 3. The summed E-state index contributed by atoms with van der Waals surface area (Å²) in [5, 5.41) is 6.10. The predicted molar refractivity (Wildman–Crippen MR) is 172 cm³/mol. The summed E-state index contributed by atoms with van der Waals surface area (Å²) in [6.45, 7) is 16.9. The Bertz CT molecular complexity index is 1370. The largest absolute Gasteiger partial charge is 0.358 e. The Morgan fingerprint density at radius 1 is 1.05 bits per heavy atom. The zero-order chi connectivity index (χ0) is 30.7. The number of H-pyrrole nitrogens is 1. The van der Waals surface area contributed by atoms with Crippen molar-refractivity contribution in [1.82, 2.24) is 25.0 Å². The quantitative estimate of drug-likeness (QED) is 0.378. The first kappa shape index (κ1) is 31.0. The fourth-order valence-electron chi connectivity index (χ4n) is 7.11. The molecule has 5 rings (SSSR count). The highest BCUT2D eigenvalue weighted by Gasteiger charge is 2.31. The summed E-state index contributed by atoms with van der Waals surface area (Å²) >= 11 is 0. The summed E-state index contributed by atoms with van der Waals surface area (Å²) in [5.41, 5.74) is 6.77. The monoisotopic (exact) mass is 588 g/mol. The highest BCUT2D eigenvalue weighted by atomic mass is 16.2. The Morgan fingerprint density at radius 2 is 1.74 bits per heavy atom. The average Bonchev–Trinajstić information content (AvgIpc) is 3.48. The van der Waals surface area contributed by atoms with E-state index in [0.29, 0.717) is 29.6 Å². The molecular formula is C34H48N6O3. The number of piperidine rings is 2. The molecule has 3 amide bonds. The molecule has 9 heteroatoms. The van der Waals surface area contributed by atoms with Gasteiger partial charge in [0.25, 0.3) is 11.8 Å². The molecule has 9 nitrogen and oxygen atoms in total. The van der Waals surface area contributed by atoms with Gasteiger partial charge in [0.05, 0.1) is 11.1 Å². The highest BCUT2D eigenvalue weighted by molar-refractivity contribution is 6.35. The van der Waals surface area contributed by atoms with E-state index in [9.17, 15) is 14.4 Å². The maximum atomic E-state index is 13.1. The van der Waals surface area contributed by atoms with Crippen LogP contribution >= 0.6 is 0 Å². The Labute approximate surface area is 256 Å². The third-order valence-corrected chi connectivity index (χ3v) is 9.85. The Kier molecular flexibility index (Phi) is 9.72. The number of amides is 3. The molecule has 0 spiro atoms. The highest BCUT2D eigenvalue weighted by Crippen LogP contribution is 2.38. The third-order valence-electron chi connectivity index (χ3n) is 9.85. The zero-order valence-corrected chi connectivity index (χ0v) is 26.5. The number of aromatic amines is 1. The number of aryl methyl sites for hydroxylation is 1. The molecule has 0 bridgehead atoms. The standard InChI is InChI=1S/C34H48N6O3/c1-6-38(7-2)19-14-35-34(43)32-22(3)31(36-23(32)4)21-29-28-20-26(8-9-30(28)37-33(29)42)25-10-15-40(16-11-25)27-12-17-39(18-13-27)24(5)41/h8-9,20-21,25,27,36H,6-7,10-19H2,1-5H3,(H,35,43)(H,37,42). The van der Waals surface area contributed by atoms with E-state index in [2.05, 4.69) is 51.4 Å². The molecule has 0 radical (unpaired) electrons. The first-order valence-corrected chi connectivity index (χ1v) is 16.1. The number of nitrogens with one attached hydrogen (secondary N) is 3. The molecule has 1 aromatic carbocycles. The maximum Gasteiger partial charge on any atom is 0.256 e. The number of aromatic nitrogens is 1. The summed E-state index contributed by atoms with van der Waals surface area (Å²) < 4.78 is 0. The smallest absolute Gasteiger partial charge is 0.256 e. The van der Waals surface area contributed by atoms with E-state index in [-0.39, 0.29) is 17.7 Å². The molecule has 0 aliphatic carbocycles. The molecule has 3 N–H and O–H groups in total. The predicted octanol–water partition coefficient (Wildman–Crippen LogP) is 4.39. The molecule has 2 aromatic rings. The van der Waals surface area contributed by atoms with E-state index in [4.69, 9.17) is 0 Å². The van der Waals surface area contributed by atoms with E-state index in [1.807, 2.05) is 30.9 Å². The van der Waals surface area contributed by atoms with Crippen molar-refractivity contribution in [1.29, 1.82) is 0 Å². The van der Waals surface area contributed by atoms with Crippen LogP contribution in [0, 0.1) is 13.8 Å². The molecule has 3 aliphatic heterocycles. The van der Waals surface area contributed by atoms with Gasteiger partial charge in [-0.1, -0.05) is 19.9 Å². The van der Waals surface area contributed by atoms with Crippen LogP contribution in [0.25, 0.3) is 11.6 Å². The van der Waals surface area contributed by atoms with Crippen molar-refractivity contribution < 1.29 is 14.4 Å². The lowest BCUT2D eigenvalue weighted by molar-refractivity contribution is -0.130. The second kappa shape index (κ2) is 13.5. The van der Waals surface area contributed by atoms with Gasteiger partial charge in [-0.05, 0) is 101 Å². The maximum absolute atomic E-state index is 13.1. The van der Waals surface area contributed by atoms with Crippen LogP contribution in [-0.4, -0.2) is 95.8 Å². The summed E-state index contributed by atoms with van der Waals surface area (Å²) in [4.78, 5) is 48.1. The molecule has 0 saturated carbocycles. The van der Waals surface area contributed by atoms with E-state index >= 15 is 0 Å². The van der Waals surface area contributed by atoms with Crippen molar-refractivity contribution in [2.24, 2.45) is 0 Å². The molecule has 2 fully saturated rings. The number of hydrogen-bond donors (Lipinski definition) is 3. The van der Waals surface area contributed by atoms with Crippen LogP contribution in [0.3, 0.4) is 0 Å². The topological polar surface area (TPSA) is 101 Å². The lowest BCUT2D eigenvalue weighted by Gasteiger charge is -2.41. The van der Waals surface area contributed by atoms with Gasteiger partial charge in [-0.3, -0.25) is 14.4 Å². The minimum Gasteiger partial charge on any atom is -0.358 e. The third kappa shape index (κ3) is 6.73. The van der Waals surface area contributed by atoms with Crippen molar-refractivity contribution >= 4 is 35.1 Å². The second-order valence-corrected chi connectivity index (χ2v) is 12.3. The van der Waals surface area contributed by atoms with Crippen LogP contribution in [0.5, 0.6) is 0 Å². The van der Waals surface area contributed by atoms with Crippen LogP contribution < -0.4 is 10.6 Å². The Hall–Kier alpha value is -3.43. The van der Waals surface area contributed by atoms with Gasteiger partial charge in [0, 0.05) is 61.8 Å². The SMILES string of the molecule is CCN(CC)CCNC(=O)c1c(C)[nH]c(C=C2C(=O)Nc3ccc(C4CCN(C5CCN(C(C)=O)CC5)CC4)cc32)c1C. The molecule has 4 heterocycles. The number of hydrogen-bond acceptors (Lipinski definition) is 5. The lowest BCUT2D eigenvalue weighted by atomic mass is 9.86. The number of likely N-dealkylation sites (N-methyl/N-ethyl adjacent to an activating group) is 1. The van der Waals surface area contributed by atoms with E-state index in [1.54, 1.807) is 6.92 Å². The van der Waals surface area contributed by atoms with Gasteiger partial charge in [0.2, 0.25) is 5.91 Å². The zero-order valence-electron chi connectivity index (χ0n) is 26.5. The van der Waals surface area contributed by atoms with Crippen LogP contribution in [0.2, 0.25) is 0 Å². The second-order valence-electron chi connectivity index (χ2n) is 12.3. The number of rotatable bonds is 9. The molecule has 2 saturated heterocycles. The Balaban J connectivity index is 1.26. The van der Waals surface area contributed by atoms with Gasteiger partial charge in [-0.15, -0.1) is 0 Å². The van der Waals surface area contributed by atoms with E-state index in [0.717, 1.165) is 99.7 Å². The fraction of sp³-hybridized carbons (Fsp3) is 0.559. The molecule has 0 unspecified atom stereocenters. The van der Waals surface area contributed by atoms with Gasteiger partial charge in [-0.25, -0.2) is 0 Å². The van der Waals surface area contributed by atoms with Crippen molar-refractivity contribution in [3.63, 3.8) is 0 Å². The van der Waals surface area contributed by atoms with Gasteiger partial charge in [0.15, 0.2) is 0 Å². The first-order chi connectivity index (χ1) is 20.7. The number of benzene rings is 1. The minimum atomic E-state index is -0.115. The average molecular weight is 589 g/mol. The Morgan fingerprint density at radius 3 is 2.40 bits per heavy atom. The summed E-state index contributed by atoms with van der Waals surface area (Å²) in [6.07, 6.45) is 6.20. The van der Waals surface area contributed by atoms with Gasteiger partial charge >= 0.3 is 0 Å². The normalized spacial score (nSPS) is 19.3. The summed E-state index contributed by atoms with van der Waals surface area (Å²) in [6, 6.07) is 6.96.